The van der Waals surface area contributed by atoms with Gasteiger partial charge in [-0.15, -0.1) is 22.7 Å². The van der Waals surface area contributed by atoms with Crippen LogP contribution >= 0.6 is 22.7 Å². The van der Waals surface area contributed by atoms with Crippen LogP contribution in [0.4, 0.5) is 5.69 Å². The summed E-state index contributed by atoms with van der Waals surface area (Å²) in [5.74, 6) is 0.205. The topological polar surface area (TPSA) is 28.0 Å². The highest BCUT2D eigenvalue weighted by atomic mass is 32.1. The summed E-state index contributed by atoms with van der Waals surface area (Å²) in [5, 5.41) is 4.33. The van der Waals surface area contributed by atoms with Crippen molar-refractivity contribution in [2.45, 2.75) is 19.0 Å². The zero-order valence-corrected chi connectivity index (χ0v) is 18.9. The number of likely N-dealkylation sites (N-methyl/N-ethyl adjacent to an activating group) is 1. The van der Waals surface area contributed by atoms with Crippen molar-refractivity contribution in [1.82, 2.24) is 4.90 Å². The summed E-state index contributed by atoms with van der Waals surface area (Å²) in [7, 11) is 5.99. The van der Waals surface area contributed by atoms with E-state index in [0.717, 1.165) is 18.5 Å². The van der Waals surface area contributed by atoms with Crippen molar-refractivity contribution >= 4 is 34.3 Å². The molecule has 4 rings (SSSR count). The van der Waals surface area contributed by atoms with Crippen LogP contribution in [0.5, 0.6) is 0 Å². The van der Waals surface area contributed by atoms with Crippen molar-refractivity contribution in [2.75, 3.05) is 39.1 Å². The van der Waals surface area contributed by atoms with E-state index in [9.17, 15) is 4.79 Å². The van der Waals surface area contributed by atoms with Crippen LogP contribution < -0.4 is 9.80 Å². The SMILES string of the molecule is CN(Cc1ccc(N(C)C)cc1)C(=O)C[NH+]1CCc2sccc2[C@@H]1c1cccs1. The summed E-state index contributed by atoms with van der Waals surface area (Å²) in [6, 6.07) is 15.3. The number of carbonyl (C=O) groups excluding carboxylic acids is 1. The fraction of sp³-hybridized carbons (Fsp3) is 0.348. The molecule has 0 saturated carbocycles. The van der Waals surface area contributed by atoms with Crippen molar-refractivity contribution in [1.29, 1.82) is 0 Å². The second-order valence-corrected chi connectivity index (χ2v) is 9.87. The van der Waals surface area contributed by atoms with E-state index in [0.29, 0.717) is 13.1 Å². The predicted octanol–water partition coefficient (Wildman–Crippen LogP) is 3.06. The Labute approximate surface area is 181 Å². The molecule has 0 radical (unpaired) electrons. The van der Waals surface area contributed by atoms with E-state index in [2.05, 4.69) is 58.1 Å². The molecule has 1 unspecified atom stereocenters. The van der Waals surface area contributed by atoms with Gasteiger partial charge in [-0.2, -0.15) is 0 Å². The van der Waals surface area contributed by atoms with E-state index in [1.165, 1.54) is 25.9 Å². The molecule has 2 aromatic heterocycles. The second kappa shape index (κ2) is 8.69. The maximum atomic E-state index is 13.1. The number of quaternary nitrogens is 1. The molecule has 1 aliphatic heterocycles. The van der Waals surface area contributed by atoms with E-state index < -0.39 is 0 Å². The fourth-order valence-corrected chi connectivity index (χ4v) is 5.86. The number of rotatable bonds is 6. The molecule has 1 aromatic carbocycles. The third-order valence-electron chi connectivity index (χ3n) is 5.68. The Kier molecular flexibility index (Phi) is 6.04. The molecule has 152 valence electrons. The van der Waals surface area contributed by atoms with Gasteiger partial charge in [0.1, 0.15) is 6.04 Å². The molecule has 1 aliphatic rings. The second-order valence-electron chi connectivity index (χ2n) is 7.89. The molecule has 0 fully saturated rings. The lowest BCUT2D eigenvalue weighted by Gasteiger charge is -2.32. The summed E-state index contributed by atoms with van der Waals surface area (Å²) in [6.07, 6.45) is 1.06. The lowest BCUT2D eigenvalue weighted by Crippen LogP contribution is -3.14. The van der Waals surface area contributed by atoms with Gasteiger partial charge >= 0.3 is 0 Å². The molecule has 6 heteroatoms. The zero-order chi connectivity index (χ0) is 20.4. The van der Waals surface area contributed by atoms with Crippen LogP contribution in [0.3, 0.4) is 0 Å². The lowest BCUT2D eigenvalue weighted by molar-refractivity contribution is -0.919. The van der Waals surface area contributed by atoms with E-state index in [-0.39, 0.29) is 11.9 Å². The van der Waals surface area contributed by atoms with Gasteiger partial charge in [0.15, 0.2) is 6.54 Å². The van der Waals surface area contributed by atoms with Crippen molar-refractivity contribution in [3.8, 4) is 0 Å². The molecule has 2 atom stereocenters. The number of nitrogens with one attached hydrogen (secondary N) is 1. The third kappa shape index (κ3) is 4.39. The molecule has 29 heavy (non-hydrogen) atoms. The van der Waals surface area contributed by atoms with Gasteiger partial charge in [0.2, 0.25) is 0 Å². The predicted molar refractivity (Wildman–Crippen MR) is 122 cm³/mol. The normalized spacial score (nSPS) is 18.3. The number of anilines is 1. The van der Waals surface area contributed by atoms with Crippen molar-refractivity contribution < 1.29 is 9.69 Å². The van der Waals surface area contributed by atoms with Crippen LogP contribution in [0.1, 0.15) is 26.9 Å². The number of thiophene rings is 2. The number of carbonyl (C=O) groups is 1. The van der Waals surface area contributed by atoms with Gasteiger partial charge in [-0.1, -0.05) is 18.2 Å². The Morgan fingerprint density at radius 1 is 1.07 bits per heavy atom. The first-order valence-corrected chi connectivity index (χ1v) is 11.7. The monoisotopic (exact) mass is 426 g/mol. The molecule has 4 nitrogen and oxygen atoms in total. The summed E-state index contributed by atoms with van der Waals surface area (Å²) >= 11 is 3.65. The third-order valence-corrected chi connectivity index (χ3v) is 7.61. The first-order chi connectivity index (χ1) is 14.0. The molecule has 0 spiro atoms. The van der Waals surface area contributed by atoms with Gasteiger partial charge in [-0.3, -0.25) is 4.79 Å². The Hall–Kier alpha value is -2.15. The van der Waals surface area contributed by atoms with Gasteiger partial charge in [-0.05, 0) is 40.6 Å². The number of amides is 1. The molecule has 3 heterocycles. The van der Waals surface area contributed by atoms with Crippen LogP contribution in [-0.2, 0) is 17.8 Å². The van der Waals surface area contributed by atoms with Crippen LogP contribution in [0.15, 0.2) is 53.2 Å². The standard InChI is InChI=1S/C23H27N3OS2/c1-24(2)18-8-6-17(7-9-18)15-25(3)22(27)16-26-12-10-20-19(11-14-29-20)23(26)21-5-4-13-28-21/h4-9,11,13-14,23H,10,12,15-16H2,1-3H3/p+1/t23-/m1/s1. The van der Waals surface area contributed by atoms with Crippen molar-refractivity contribution in [3.05, 3.63) is 74.1 Å². The van der Waals surface area contributed by atoms with Crippen molar-refractivity contribution in [3.63, 3.8) is 0 Å². The highest BCUT2D eigenvalue weighted by Gasteiger charge is 2.35. The molecule has 1 N–H and O–H groups in total. The highest BCUT2D eigenvalue weighted by molar-refractivity contribution is 7.10. The molecule has 0 saturated heterocycles. The Morgan fingerprint density at radius 2 is 1.86 bits per heavy atom. The highest BCUT2D eigenvalue weighted by Crippen LogP contribution is 2.31. The van der Waals surface area contributed by atoms with Gasteiger partial charge < -0.3 is 14.7 Å². The average Bonchev–Trinajstić information content (AvgIpc) is 3.40. The minimum atomic E-state index is 0.205. The maximum Gasteiger partial charge on any atom is 0.277 e. The van der Waals surface area contributed by atoms with E-state index in [1.807, 2.05) is 37.4 Å². The summed E-state index contributed by atoms with van der Waals surface area (Å²) in [4.78, 5) is 21.2. The summed E-state index contributed by atoms with van der Waals surface area (Å²) in [6.45, 7) is 2.19. The molecule has 3 aromatic rings. The van der Waals surface area contributed by atoms with Gasteiger partial charge in [0.25, 0.3) is 5.91 Å². The summed E-state index contributed by atoms with van der Waals surface area (Å²) < 4.78 is 0. The first kappa shape index (κ1) is 20.1. The van der Waals surface area contributed by atoms with Crippen LogP contribution in [-0.4, -0.2) is 45.0 Å². The number of fused-ring (bicyclic) bond motifs is 1. The molecular weight excluding hydrogens is 398 g/mol. The quantitative estimate of drug-likeness (QED) is 0.656. The molecular formula is C23H28N3OS2+. The minimum absolute atomic E-state index is 0.205. The number of hydrogen-bond acceptors (Lipinski definition) is 4. The number of hydrogen-bond donors (Lipinski definition) is 1. The van der Waals surface area contributed by atoms with Crippen LogP contribution in [0, 0.1) is 0 Å². The van der Waals surface area contributed by atoms with E-state index in [4.69, 9.17) is 0 Å². The molecule has 0 aliphatic carbocycles. The van der Waals surface area contributed by atoms with Crippen LogP contribution in [0.2, 0.25) is 0 Å². The lowest BCUT2D eigenvalue weighted by atomic mass is 9.98. The Bertz CT molecular complexity index is 947. The first-order valence-electron chi connectivity index (χ1n) is 9.97. The van der Waals surface area contributed by atoms with E-state index >= 15 is 0 Å². The Morgan fingerprint density at radius 3 is 2.55 bits per heavy atom. The summed E-state index contributed by atoms with van der Waals surface area (Å²) in [5.41, 5.74) is 3.74. The molecule has 1 amide bonds. The van der Waals surface area contributed by atoms with Gasteiger partial charge in [-0.25, -0.2) is 0 Å². The smallest absolute Gasteiger partial charge is 0.277 e. The van der Waals surface area contributed by atoms with Crippen molar-refractivity contribution in [2.24, 2.45) is 0 Å². The number of nitrogens with zero attached hydrogens (tertiary/aromatic N) is 2. The minimum Gasteiger partial charge on any atom is -0.378 e. The fourth-order valence-electron chi connectivity index (χ4n) is 4.04. The number of benzene rings is 1. The molecule has 0 bridgehead atoms. The largest absolute Gasteiger partial charge is 0.378 e. The van der Waals surface area contributed by atoms with Gasteiger partial charge in [0, 0.05) is 50.2 Å². The zero-order valence-electron chi connectivity index (χ0n) is 17.2. The van der Waals surface area contributed by atoms with Crippen LogP contribution in [0.25, 0.3) is 0 Å². The van der Waals surface area contributed by atoms with E-state index in [1.54, 1.807) is 11.3 Å². The maximum absolute atomic E-state index is 13.1. The van der Waals surface area contributed by atoms with Gasteiger partial charge in [0.05, 0.1) is 11.4 Å². The Balaban J connectivity index is 1.45. The average molecular weight is 427 g/mol.